The fraction of sp³-hybridized carbons (Fsp3) is 0.417. The van der Waals surface area contributed by atoms with Crippen molar-refractivity contribution in [1.29, 1.82) is 0 Å². The summed E-state index contributed by atoms with van der Waals surface area (Å²) in [4.78, 5) is 10.3. The van der Waals surface area contributed by atoms with Crippen molar-refractivity contribution in [1.82, 2.24) is 0 Å². The van der Waals surface area contributed by atoms with Gasteiger partial charge in [-0.3, -0.25) is 4.79 Å². The monoisotopic (exact) mass is 242 g/mol. The lowest BCUT2D eigenvalue weighted by molar-refractivity contribution is -0.137. The Hall–Kier alpha value is -1.22. The third kappa shape index (κ3) is 4.11. The van der Waals surface area contributed by atoms with E-state index in [9.17, 15) is 4.79 Å². The molecule has 0 saturated carbocycles. The van der Waals surface area contributed by atoms with Crippen LogP contribution in [0.25, 0.3) is 0 Å². The smallest absolute Gasteiger partial charge is 0.303 e. The quantitative estimate of drug-likeness (QED) is 0.780. The summed E-state index contributed by atoms with van der Waals surface area (Å²) in [6.45, 7) is 0. The van der Waals surface area contributed by atoms with Gasteiger partial charge in [-0.2, -0.15) is 0 Å². The van der Waals surface area contributed by atoms with Gasteiger partial charge in [-0.1, -0.05) is 17.7 Å². The van der Waals surface area contributed by atoms with E-state index >= 15 is 0 Å². The number of rotatable bonds is 6. The average molecular weight is 243 g/mol. The van der Waals surface area contributed by atoms with Crippen LogP contribution in [0.5, 0.6) is 5.75 Å². The highest BCUT2D eigenvalue weighted by Gasteiger charge is 2.04. The SMILES string of the molecule is COc1cc(Cl)ccc1CCCCC(=O)O. The topological polar surface area (TPSA) is 46.5 Å². The molecule has 1 aromatic carbocycles. The first kappa shape index (κ1) is 12.8. The van der Waals surface area contributed by atoms with Gasteiger partial charge in [-0.05, 0) is 37.0 Å². The van der Waals surface area contributed by atoms with Crippen LogP contribution >= 0.6 is 11.6 Å². The van der Waals surface area contributed by atoms with Gasteiger partial charge in [0.15, 0.2) is 0 Å². The van der Waals surface area contributed by atoms with Crippen LogP contribution in [0.4, 0.5) is 0 Å². The maximum atomic E-state index is 10.3. The number of hydrogen-bond donors (Lipinski definition) is 1. The highest BCUT2D eigenvalue weighted by molar-refractivity contribution is 6.30. The van der Waals surface area contributed by atoms with Gasteiger partial charge in [0, 0.05) is 11.4 Å². The molecule has 0 aliphatic carbocycles. The van der Waals surface area contributed by atoms with E-state index in [-0.39, 0.29) is 6.42 Å². The summed E-state index contributed by atoms with van der Waals surface area (Å²) in [6.07, 6.45) is 2.55. The highest BCUT2D eigenvalue weighted by Crippen LogP contribution is 2.24. The van der Waals surface area contributed by atoms with Gasteiger partial charge in [-0.25, -0.2) is 0 Å². The number of hydrogen-bond acceptors (Lipinski definition) is 2. The standard InChI is InChI=1S/C12H15ClO3/c1-16-11-8-10(13)7-6-9(11)4-2-3-5-12(14)15/h6-8H,2-5H2,1H3,(H,14,15). The Labute approximate surface area is 100.0 Å². The van der Waals surface area contributed by atoms with Gasteiger partial charge in [0.1, 0.15) is 5.75 Å². The number of methoxy groups -OCH3 is 1. The molecule has 4 heteroatoms. The molecule has 0 aliphatic heterocycles. The third-order valence-corrected chi connectivity index (χ3v) is 2.57. The van der Waals surface area contributed by atoms with Gasteiger partial charge < -0.3 is 9.84 Å². The lowest BCUT2D eigenvalue weighted by Gasteiger charge is -2.08. The van der Waals surface area contributed by atoms with Gasteiger partial charge in [0.05, 0.1) is 7.11 Å². The summed E-state index contributed by atoms with van der Waals surface area (Å²) >= 11 is 5.84. The average Bonchev–Trinajstić information content (AvgIpc) is 2.25. The molecule has 0 radical (unpaired) electrons. The maximum Gasteiger partial charge on any atom is 0.303 e. The van der Waals surface area contributed by atoms with E-state index < -0.39 is 5.97 Å². The van der Waals surface area contributed by atoms with Crippen molar-refractivity contribution in [3.05, 3.63) is 28.8 Å². The zero-order valence-electron chi connectivity index (χ0n) is 9.20. The fourth-order valence-electron chi connectivity index (χ4n) is 1.52. The molecule has 0 spiro atoms. The van der Waals surface area contributed by atoms with E-state index in [1.165, 1.54) is 0 Å². The second-order valence-corrected chi connectivity index (χ2v) is 3.99. The zero-order valence-corrected chi connectivity index (χ0v) is 9.96. The largest absolute Gasteiger partial charge is 0.496 e. The molecule has 0 amide bonds. The number of ether oxygens (including phenoxy) is 1. The van der Waals surface area contributed by atoms with Crippen LogP contribution in [0.2, 0.25) is 5.02 Å². The molecule has 0 heterocycles. The Morgan fingerprint density at radius 3 is 2.81 bits per heavy atom. The van der Waals surface area contributed by atoms with Crippen LogP contribution in [0.3, 0.4) is 0 Å². The number of aryl methyl sites for hydroxylation is 1. The molecule has 1 aromatic rings. The van der Waals surface area contributed by atoms with Crippen molar-refractivity contribution in [3.8, 4) is 5.75 Å². The molecule has 0 saturated heterocycles. The molecular formula is C12H15ClO3. The molecule has 16 heavy (non-hydrogen) atoms. The molecule has 1 rings (SSSR count). The molecule has 1 N–H and O–H groups in total. The first-order chi connectivity index (χ1) is 7.63. The zero-order chi connectivity index (χ0) is 12.0. The molecular weight excluding hydrogens is 228 g/mol. The van der Waals surface area contributed by atoms with Crippen molar-refractivity contribution >= 4 is 17.6 Å². The fourth-order valence-corrected chi connectivity index (χ4v) is 1.68. The Morgan fingerprint density at radius 1 is 1.44 bits per heavy atom. The Morgan fingerprint density at radius 2 is 2.19 bits per heavy atom. The summed E-state index contributed by atoms with van der Waals surface area (Å²) in [5, 5.41) is 9.15. The van der Waals surface area contributed by atoms with Crippen LogP contribution in [0.15, 0.2) is 18.2 Å². The van der Waals surface area contributed by atoms with Crippen molar-refractivity contribution in [3.63, 3.8) is 0 Å². The van der Waals surface area contributed by atoms with Gasteiger partial charge in [0.2, 0.25) is 0 Å². The van der Waals surface area contributed by atoms with E-state index in [2.05, 4.69) is 0 Å². The van der Waals surface area contributed by atoms with Crippen LogP contribution in [0, 0.1) is 0 Å². The summed E-state index contributed by atoms with van der Waals surface area (Å²) in [7, 11) is 1.60. The Balaban J connectivity index is 2.50. The first-order valence-corrected chi connectivity index (χ1v) is 5.55. The molecule has 0 aromatic heterocycles. The molecule has 0 aliphatic rings. The number of benzene rings is 1. The molecule has 0 atom stereocenters. The normalized spacial score (nSPS) is 10.1. The minimum Gasteiger partial charge on any atom is -0.496 e. The van der Waals surface area contributed by atoms with Crippen molar-refractivity contribution in [2.24, 2.45) is 0 Å². The van der Waals surface area contributed by atoms with Crippen LogP contribution in [-0.4, -0.2) is 18.2 Å². The second-order valence-electron chi connectivity index (χ2n) is 3.56. The Bertz CT molecular complexity index is 363. The van der Waals surface area contributed by atoms with Crippen LogP contribution in [-0.2, 0) is 11.2 Å². The summed E-state index contributed by atoms with van der Waals surface area (Å²) < 4.78 is 5.20. The van der Waals surface area contributed by atoms with Crippen molar-refractivity contribution in [2.45, 2.75) is 25.7 Å². The molecule has 0 unspecified atom stereocenters. The number of aliphatic carboxylic acids is 1. The minimum absolute atomic E-state index is 0.218. The minimum atomic E-state index is -0.747. The van der Waals surface area contributed by atoms with Crippen molar-refractivity contribution < 1.29 is 14.6 Å². The van der Waals surface area contributed by atoms with Crippen LogP contribution < -0.4 is 4.74 Å². The van der Waals surface area contributed by atoms with E-state index in [4.69, 9.17) is 21.4 Å². The number of carboxylic acid groups (broad SMARTS) is 1. The predicted molar refractivity (Wildman–Crippen MR) is 63.2 cm³/mol. The highest BCUT2D eigenvalue weighted by atomic mass is 35.5. The van der Waals surface area contributed by atoms with Gasteiger partial charge in [-0.15, -0.1) is 0 Å². The number of unbranched alkanes of at least 4 members (excludes halogenated alkanes) is 1. The maximum absolute atomic E-state index is 10.3. The number of carboxylic acids is 1. The third-order valence-electron chi connectivity index (χ3n) is 2.34. The summed E-state index contributed by atoms with van der Waals surface area (Å²) in [5.74, 6) is 0.0193. The van der Waals surface area contributed by atoms with E-state index in [0.717, 1.165) is 24.2 Å². The molecule has 0 fully saturated rings. The number of halogens is 1. The first-order valence-electron chi connectivity index (χ1n) is 5.17. The van der Waals surface area contributed by atoms with Crippen LogP contribution in [0.1, 0.15) is 24.8 Å². The summed E-state index contributed by atoms with van der Waals surface area (Å²) in [5.41, 5.74) is 1.07. The molecule has 3 nitrogen and oxygen atoms in total. The number of carbonyl (C=O) groups is 1. The molecule has 88 valence electrons. The predicted octanol–water partition coefficient (Wildman–Crippen LogP) is 3.15. The van der Waals surface area contributed by atoms with E-state index in [1.54, 1.807) is 13.2 Å². The summed E-state index contributed by atoms with van der Waals surface area (Å²) in [6, 6.07) is 5.51. The Kier molecular flexibility index (Phi) is 5.12. The van der Waals surface area contributed by atoms with Gasteiger partial charge >= 0.3 is 5.97 Å². The van der Waals surface area contributed by atoms with E-state index in [1.807, 2.05) is 12.1 Å². The lowest BCUT2D eigenvalue weighted by Crippen LogP contribution is -1.96. The van der Waals surface area contributed by atoms with Gasteiger partial charge in [0.25, 0.3) is 0 Å². The van der Waals surface area contributed by atoms with Crippen molar-refractivity contribution in [2.75, 3.05) is 7.11 Å². The lowest BCUT2D eigenvalue weighted by atomic mass is 10.1. The van der Waals surface area contributed by atoms with E-state index in [0.29, 0.717) is 11.4 Å². The second kappa shape index (κ2) is 6.38. The molecule has 0 bridgehead atoms.